The maximum absolute atomic E-state index is 11.7. The van der Waals surface area contributed by atoms with Gasteiger partial charge in [-0.05, 0) is 17.7 Å². The molecule has 2 aromatic rings. The number of halogens is 1. The van der Waals surface area contributed by atoms with Gasteiger partial charge in [0.2, 0.25) is 0 Å². The van der Waals surface area contributed by atoms with Gasteiger partial charge in [-0.25, -0.2) is 4.79 Å². The summed E-state index contributed by atoms with van der Waals surface area (Å²) in [5.74, 6) is 0.489. The molecular formula is C13H14ClN3O2. The number of anilines is 1. The molecule has 0 aliphatic rings. The zero-order valence-corrected chi connectivity index (χ0v) is 11.4. The molecule has 1 aromatic carbocycles. The van der Waals surface area contributed by atoms with Crippen molar-refractivity contribution < 1.29 is 0 Å². The summed E-state index contributed by atoms with van der Waals surface area (Å²) >= 11 is 5.80. The van der Waals surface area contributed by atoms with Gasteiger partial charge >= 0.3 is 5.69 Å². The first-order valence-electron chi connectivity index (χ1n) is 5.74. The highest BCUT2D eigenvalue weighted by molar-refractivity contribution is 6.30. The molecule has 0 spiro atoms. The largest absolute Gasteiger partial charge is 0.367 e. The van der Waals surface area contributed by atoms with Crippen LogP contribution in [0.3, 0.4) is 0 Å². The van der Waals surface area contributed by atoms with Crippen molar-refractivity contribution in [3.63, 3.8) is 0 Å². The molecule has 0 aliphatic heterocycles. The second-order valence-electron chi connectivity index (χ2n) is 4.25. The molecule has 0 atom stereocenters. The first kappa shape index (κ1) is 13.4. The Morgan fingerprint density at radius 3 is 2.37 bits per heavy atom. The van der Waals surface area contributed by atoms with E-state index in [4.69, 9.17) is 11.6 Å². The van der Waals surface area contributed by atoms with Crippen LogP contribution in [-0.2, 0) is 20.6 Å². The smallest absolute Gasteiger partial charge is 0.332 e. The van der Waals surface area contributed by atoms with Crippen LogP contribution in [0.4, 0.5) is 5.82 Å². The Hall–Kier alpha value is -2.01. The van der Waals surface area contributed by atoms with Crippen LogP contribution >= 0.6 is 11.6 Å². The van der Waals surface area contributed by atoms with Crippen LogP contribution in [-0.4, -0.2) is 9.13 Å². The van der Waals surface area contributed by atoms with E-state index in [2.05, 4.69) is 5.32 Å². The predicted molar refractivity (Wildman–Crippen MR) is 75.7 cm³/mol. The number of aromatic nitrogens is 2. The molecule has 2 rings (SSSR count). The first-order valence-corrected chi connectivity index (χ1v) is 6.12. The Morgan fingerprint density at radius 2 is 1.74 bits per heavy atom. The van der Waals surface area contributed by atoms with Crippen LogP contribution < -0.4 is 16.6 Å². The molecule has 0 fully saturated rings. The maximum atomic E-state index is 11.7. The van der Waals surface area contributed by atoms with E-state index in [9.17, 15) is 9.59 Å². The summed E-state index contributed by atoms with van der Waals surface area (Å²) in [5.41, 5.74) is 0.324. The second kappa shape index (κ2) is 5.32. The van der Waals surface area contributed by atoms with Crippen molar-refractivity contribution in [1.29, 1.82) is 0 Å². The highest BCUT2D eigenvalue weighted by atomic mass is 35.5. The van der Waals surface area contributed by atoms with Crippen LogP contribution in [0.15, 0.2) is 39.9 Å². The molecule has 5 nitrogen and oxygen atoms in total. The zero-order chi connectivity index (χ0) is 14.0. The predicted octanol–water partition coefficient (Wildman–Crippen LogP) is 1.35. The van der Waals surface area contributed by atoms with Crippen LogP contribution in [0.2, 0.25) is 5.02 Å². The summed E-state index contributed by atoms with van der Waals surface area (Å²) in [6.45, 7) is 0.512. The average molecular weight is 280 g/mol. The Morgan fingerprint density at radius 1 is 1.11 bits per heavy atom. The van der Waals surface area contributed by atoms with Crippen LogP contribution in [0, 0.1) is 0 Å². The van der Waals surface area contributed by atoms with Crippen molar-refractivity contribution in [1.82, 2.24) is 9.13 Å². The third-order valence-corrected chi connectivity index (χ3v) is 3.16. The van der Waals surface area contributed by atoms with Crippen molar-refractivity contribution in [2.75, 3.05) is 5.32 Å². The number of hydrogen-bond acceptors (Lipinski definition) is 3. The van der Waals surface area contributed by atoms with Gasteiger partial charge in [-0.3, -0.25) is 13.9 Å². The molecule has 1 N–H and O–H groups in total. The molecule has 0 radical (unpaired) electrons. The molecule has 0 saturated heterocycles. The van der Waals surface area contributed by atoms with E-state index in [-0.39, 0.29) is 11.2 Å². The van der Waals surface area contributed by atoms with Crippen LogP contribution in [0.25, 0.3) is 0 Å². The summed E-state index contributed by atoms with van der Waals surface area (Å²) in [4.78, 5) is 23.3. The van der Waals surface area contributed by atoms with Gasteiger partial charge in [-0.1, -0.05) is 23.7 Å². The minimum atomic E-state index is -0.355. The molecule has 0 saturated carbocycles. The molecule has 0 amide bonds. The van der Waals surface area contributed by atoms with Gasteiger partial charge in [0.05, 0.1) is 0 Å². The third-order valence-electron chi connectivity index (χ3n) is 2.91. The van der Waals surface area contributed by atoms with E-state index in [1.54, 1.807) is 19.2 Å². The van der Waals surface area contributed by atoms with E-state index < -0.39 is 0 Å². The lowest BCUT2D eigenvalue weighted by atomic mass is 10.2. The second-order valence-corrected chi connectivity index (χ2v) is 4.68. The van der Waals surface area contributed by atoms with E-state index >= 15 is 0 Å². The quantitative estimate of drug-likeness (QED) is 0.923. The summed E-state index contributed by atoms with van der Waals surface area (Å²) in [6.07, 6.45) is 0. The first-order chi connectivity index (χ1) is 8.99. The molecule has 100 valence electrons. The topological polar surface area (TPSA) is 56.0 Å². The molecular weight excluding hydrogens is 266 g/mol. The molecule has 19 heavy (non-hydrogen) atoms. The number of nitrogens with one attached hydrogen (secondary N) is 1. The number of rotatable bonds is 3. The minimum absolute atomic E-state index is 0.332. The molecule has 1 heterocycles. The molecule has 0 unspecified atom stereocenters. The summed E-state index contributed by atoms with van der Waals surface area (Å²) in [7, 11) is 3.07. The summed E-state index contributed by atoms with van der Waals surface area (Å²) < 4.78 is 2.46. The Balaban J connectivity index is 2.23. The monoisotopic (exact) mass is 279 g/mol. The molecule has 0 aliphatic carbocycles. The van der Waals surface area contributed by atoms with Gasteiger partial charge < -0.3 is 5.32 Å². The maximum Gasteiger partial charge on any atom is 0.332 e. The number of benzene rings is 1. The van der Waals surface area contributed by atoms with Crippen LogP contribution in [0.1, 0.15) is 5.56 Å². The number of nitrogens with zero attached hydrogens (tertiary/aromatic N) is 2. The normalized spacial score (nSPS) is 10.5. The fourth-order valence-electron chi connectivity index (χ4n) is 1.70. The summed E-state index contributed by atoms with van der Waals surface area (Å²) in [6, 6.07) is 8.75. The van der Waals surface area contributed by atoms with Crippen molar-refractivity contribution in [3.8, 4) is 0 Å². The lowest BCUT2D eigenvalue weighted by Gasteiger charge is -2.11. The van der Waals surface area contributed by atoms with Gasteiger partial charge in [0, 0.05) is 31.7 Å². The van der Waals surface area contributed by atoms with Crippen LogP contribution in [0.5, 0.6) is 0 Å². The van der Waals surface area contributed by atoms with E-state index in [1.807, 2.05) is 12.1 Å². The molecule has 0 bridgehead atoms. The van der Waals surface area contributed by atoms with Crippen molar-refractivity contribution in [3.05, 3.63) is 61.8 Å². The number of hydrogen-bond donors (Lipinski definition) is 1. The third kappa shape index (κ3) is 2.88. The van der Waals surface area contributed by atoms with Crippen molar-refractivity contribution in [2.45, 2.75) is 6.54 Å². The lowest BCUT2D eigenvalue weighted by Crippen LogP contribution is -2.37. The van der Waals surface area contributed by atoms with Gasteiger partial charge in [0.15, 0.2) is 0 Å². The van der Waals surface area contributed by atoms with Gasteiger partial charge in [-0.2, -0.15) is 0 Å². The lowest BCUT2D eigenvalue weighted by molar-refractivity contribution is 0.688. The molecule has 1 aromatic heterocycles. The highest BCUT2D eigenvalue weighted by Gasteiger charge is 2.05. The van der Waals surface area contributed by atoms with Gasteiger partial charge in [-0.15, -0.1) is 0 Å². The SMILES string of the molecule is Cn1c(NCc2ccc(Cl)cc2)cc(=O)n(C)c1=O. The van der Waals surface area contributed by atoms with Gasteiger partial charge in [0.1, 0.15) is 5.82 Å². The summed E-state index contributed by atoms with van der Waals surface area (Å²) in [5, 5.41) is 3.74. The highest BCUT2D eigenvalue weighted by Crippen LogP contribution is 2.10. The zero-order valence-electron chi connectivity index (χ0n) is 10.7. The fraction of sp³-hybridized carbons (Fsp3) is 0.231. The Bertz CT molecular complexity index is 701. The fourth-order valence-corrected chi connectivity index (χ4v) is 1.82. The standard InChI is InChI=1S/C13H14ClN3O2/c1-16-11(7-12(18)17(2)13(16)19)15-8-9-3-5-10(14)6-4-9/h3-7,15H,8H2,1-2H3. The molecule has 6 heteroatoms. The average Bonchev–Trinajstić information content (AvgIpc) is 2.41. The Labute approximate surface area is 115 Å². The van der Waals surface area contributed by atoms with E-state index in [0.717, 1.165) is 10.1 Å². The van der Waals surface area contributed by atoms with Gasteiger partial charge in [0.25, 0.3) is 5.56 Å². The van der Waals surface area contributed by atoms with Crippen molar-refractivity contribution in [2.24, 2.45) is 14.1 Å². The van der Waals surface area contributed by atoms with E-state index in [1.165, 1.54) is 17.7 Å². The van der Waals surface area contributed by atoms with E-state index in [0.29, 0.717) is 17.4 Å². The minimum Gasteiger partial charge on any atom is -0.367 e. The van der Waals surface area contributed by atoms with Crippen molar-refractivity contribution >= 4 is 17.4 Å². The Kier molecular flexibility index (Phi) is 3.76.